The van der Waals surface area contributed by atoms with Crippen molar-refractivity contribution in [1.29, 1.82) is 0 Å². The molecule has 0 saturated carbocycles. The van der Waals surface area contributed by atoms with Crippen LogP contribution in [-0.2, 0) is 0 Å². The van der Waals surface area contributed by atoms with Crippen molar-refractivity contribution in [3.05, 3.63) is 35.5 Å². The number of rotatable bonds is 3. The van der Waals surface area contributed by atoms with Gasteiger partial charge in [-0.2, -0.15) is 0 Å². The van der Waals surface area contributed by atoms with Crippen LogP contribution in [0.1, 0.15) is 26.2 Å². The molecule has 1 fully saturated rings. The maximum absolute atomic E-state index is 6.24. The first-order valence-electron chi connectivity index (χ1n) is 7.80. The summed E-state index contributed by atoms with van der Waals surface area (Å²) in [5.74, 6) is 0. The number of nitrogens with zero attached hydrogens (tertiary/aromatic N) is 2. The molecule has 1 aliphatic heterocycles. The topological polar surface area (TPSA) is 28.2 Å². The second-order valence-corrected chi connectivity index (χ2v) is 6.11. The standard InChI is InChI=1S/C17H22ClN3/c1-2-21-11-4-5-13(9-12-21)20-16-8-7-15(18)17-14(16)6-3-10-19-17/h3,6-8,10,13,20H,2,4-5,9,11-12H2,1H3. The van der Waals surface area contributed by atoms with Gasteiger partial charge in [0.1, 0.15) is 0 Å². The number of fused-ring (bicyclic) bond motifs is 1. The summed E-state index contributed by atoms with van der Waals surface area (Å²) < 4.78 is 0. The van der Waals surface area contributed by atoms with Crippen molar-refractivity contribution >= 4 is 28.2 Å². The van der Waals surface area contributed by atoms with Crippen LogP contribution in [0.5, 0.6) is 0 Å². The van der Waals surface area contributed by atoms with E-state index in [4.69, 9.17) is 11.6 Å². The van der Waals surface area contributed by atoms with Gasteiger partial charge in [-0.05, 0) is 56.6 Å². The van der Waals surface area contributed by atoms with Crippen LogP contribution in [0.2, 0.25) is 5.02 Å². The third-order valence-electron chi connectivity index (χ3n) is 4.35. The first kappa shape index (κ1) is 14.6. The first-order chi connectivity index (χ1) is 10.3. The second kappa shape index (κ2) is 6.63. The van der Waals surface area contributed by atoms with Gasteiger partial charge in [0.15, 0.2) is 0 Å². The van der Waals surface area contributed by atoms with Gasteiger partial charge in [0, 0.05) is 29.9 Å². The molecule has 21 heavy (non-hydrogen) atoms. The summed E-state index contributed by atoms with van der Waals surface area (Å²) in [7, 11) is 0. The van der Waals surface area contributed by atoms with Crippen LogP contribution in [0.3, 0.4) is 0 Å². The van der Waals surface area contributed by atoms with E-state index in [0.29, 0.717) is 11.1 Å². The predicted octanol–water partition coefficient (Wildman–Crippen LogP) is 4.17. The van der Waals surface area contributed by atoms with Crippen molar-refractivity contribution in [1.82, 2.24) is 9.88 Å². The Morgan fingerprint density at radius 3 is 3.05 bits per heavy atom. The van der Waals surface area contributed by atoms with Crippen molar-refractivity contribution in [2.75, 3.05) is 25.0 Å². The molecule has 0 aliphatic carbocycles. The summed E-state index contributed by atoms with van der Waals surface area (Å²) in [6, 6.07) is 8.61. The highest BCUT2D eigenvalue weighted by Gasteiger charge is 2.17. The van der Waals surface area contributed by atoms with Gasteiger partial charge in [-0.1, -0.05) is 18.5 Å². The van der Waals surface area contributed by atoms with Crippen LogP contribution >= 0.6 is 11.6 Å². The SMILES string of the molecule is CCN1CCCC(Nc2ccc(Cl)c3ncccc23)CC1. The summed E-state index contributed by atoms with van der Waals surface area (Å²) in [4.78, 5) is 6.93. The van der Waals surface area contributed by atoms with Gasteiger partial charge in [-0.15, -0.1) is 0 Å². The molecule has 1 aromatic heterocycles. The average Bonchev–Trinajstić information content (AvgIpc) is 2.75. The van der Waals surface area contributed by atoms with Crippen LogP contribution in [0, 0.1) is 0 Å². The molecular weight excluding hydrogens is 282 g/mol. The fourth-order valence-corrected chi connectivity index (χ4v) is 3.31. The van der Waals surface area contributed by atoms with E-state index in [2.05, 4.69) is 34.3 Å². The van der Waals surface area contributed by atoms with Crippen molar-refractivity contribution in [2.24, 2.45) is 0 Å². The fourth-order valence-electron chi connectivity index (χ4n) is 3.10. The van der Waals surface area contributed by atoms with Gasteiger partial charge < -0.3 is 10.2 Å². The summed E-state index contributed by atoms with van der Waals surface area (Å²) in [6.07, 6.45) is 5.47. The van der Waals surface area contributed by atoms with E-state index in [1.807, 2.05) is 12.1 Å². The third-order valence-corrected chi connectivity index (χ3v) is 4.65. The Labute approximate surface area is 131 Å². The van der Waals surface area contributed by atoms with E-state index in [0.717, 1.165) is 23.1 Å². The summed E-state index contributed by atoms with van der Waals surface area (Å²) in [6.45, 7) is 5.79. The second-order valence-electron chi connectivity index (χ2n) is 5.70. The lowest BCUT2D eigenvalue weighted by molar-refractivity contribution is 0.300. The van der Waals surface area contributed by atoms with E-state index in [-0.39, 0.29) is 0 Å². The van der Waals surface area contributed by atoms with Crippen molar-refractivity contribution < 1.29 is 0 Å². The molecule has 2 heterocycles. The highest BCUT2D eigenvalue weighted by atomic mass is 35.5. The van der Waals surface area contributed by atoms with Gasteiger partial charge in [-0.3, -0.25) is 4.98 Å². The molecule has 1 atom stereocenters. The number of hydrogen-bond donors (Lipinski definition) is 1. The van der Waals surface area contributed by atoms with Gasteiger partial charge in [0.05, 0.1) is 10.5 Å². The lowest BCUT2D eigenvalue weighted by Gasteiger charge is -2.20. The minimum atomic E-state index is 0.533. The van der Waals surface area contributed by atoms with E-state index >= 15 is 0 Å². The number of hydrogen-bond acceptors (Lipinski definition) is 3. The first-order valence-corrected chi connectivity index (χ1v) is 8.18. The van der Waals surface area contributed by atoms with E-state index < -0.39 is 0 Å². The highest BCUT2D eigenvalue weighted by molar-refractivity contribution is 6.35. The zero-order chi connectivity index (χ0) is 14.7. The molecule has 2 aromatic rings. The number of benzene rings is 1. The summed E-state index contributed by atoms with van der Waals surface area (Å²) in [5.41, 5.74) is 2.03. The van der Waals surface area contributed by atoms with Gasteiger partial charge in [0.25, 0.3) is 0 Å². The lowest BCUT2D eigenvalue weighted by Crippen LogP contribution is -2.26. The molecule has 0 spiro atoms. The molecule has 3 rings (SSSR count). The van der Waals surface area contributed by atoms with Crippen LogP contribution in [-0.4, -0.2) is 35.6 Å². The van der Waals surface area contributed by atoms with Crippen LogP contribution in [0.4, 0.5) is 5.69 Å². The third kappa shape index (κ3) is 3.30. The van der Waals surface area contributed by atoms with Crippen LogP contribution < -0.4 is 5.32 Å². The Hall–Kier alpha value is -1.32. The Kier molecular flexibility index (Phi) is 4.61. The molecule has 1 N–H and O–H groups in total. The maximum Gasteiger partial charge on any atom is 0.0908 e. The quantitative estimate of drug-likeness (QED) is 0.922. The van der Waals surface area contributed by atoms with Crippen molar-refractivity contribution in [3.8, 4) is 0 Å². The number of halogens is 1. The molecule has 1 unspecified atom stereocenters. The molecule has 0 bridgehead atoms. The van der Waals surface area contributed by atoms with E-state index in [1.165, 1.54) is 32.4 Å². The molecule has 0 amide bonds. The molecule has 4 heteroatoms. The molecule has 3 nitrogen and oxygen atoms in total. The molecule has 1 aliphatic rings. The number of aromatic nitrogens is 1. The maximum atomic E-state index is 6.24. The fraction of sp³-hybridized carbons (Fsp3) is 0.471. The summed E-state index contributed by atoms with van der Waals surface area (Å²) in [5, 5.41) is 5.54. The van der Waals surface area contributed by atoms with Crippen molar-refractivity contribution in [3.63, 3.8) is 0 Å². The predicted molar refractivity (Wildman–Crippen MR) is 90.1 cm³/mol. The van der Waals surface area contributed by atoms with Gasteiger partial charge >= 0.3 is 0 Å². The molecule has 1 saturated heterocycles. The van der Waals surface area contributed by atoms with Crippen molar-refractivity contribution in [2.45, 2.75) is 32.2 Å². The number of likely N-dealkylation sites (tertiary alicyclic amines) is 1. The number of pyridine rings is 1. The largest absolute Gasteiger partial charge is 0.382 e. The average molecular weight is 304 g/mol. The lowest BCUT2D eigenvalue weighted by atomic mass is 10.1. The van der Waals surface area contributed by atoms with Crippen LogP contribution in [0.25, 0.3) is 10.9 Å². The minimum Gasteiger partial charge on any atom is -0.382 e. The zero-order valence-corrected chi connectivity index (χ0v) is 13.2. The Balaban J connectivity index is 1.80. The summed E-state index contributed by atoms with van der Waals surface area (Å²) >= 11 is 6.24. The van der Waals surface area contributed by atoms with Gasteiger partial charge in [-0.25, -0.2) is 0 Å². The Bertz CT molecular complexity index is 614. The number of anilines is 1. The Morgan fingerprint density at radius 2 is 2.19 bits per heavy atom. The molecular formula is C17H22ClN3. The highest BCUT2D eigenvalue weighted by Crippen LogP contribution is 2.29. The minimum absolute atomic E-state index is 0.533. The monoisotopic (exact) mass is 303 g/mol. The van der Waals surface area contributed by atoms with E-state index in [9.17, 15) is 0 Å². The number of nitrogens with one attached hydrogen (secondary N) is 1. The molecule has 1 aromatic carbocycles. The zero-order valence-electron chi connectivity index (χ0n) is 12.5. The smallest absolute Gasteiger partial charge is 0.0908 e. The van der Waals surface area contributed by atoms with E-state index in [1.54, 1.807) is 6.20 Å². The molecule has 112 valence electrons. The van der Waals surface area contributed by atoms with Gasteiger partial charge in [0.2, 0.25) is 0 Å². The normalized spacial score (nSPS) is 20.4. The Morgan fingerprint density at radius 1 is 1.29 bits per heavy atom. The van der Waals surface area contributed by atoms with Crippen LogP contribution in [0.15, 0.2) is 30.5 Å². The molecule has 0 radical (unpaired) electrons.